The Labute approximate surface area is 220 Å². The van der Waals surface area contributed by atoms with Crippen LogP contribution in [0, 0.1) is 10.1 Å². The zero-order valence-corrected chi connectivity index (χ0v) is 21.7. The van der Waals surface area contributed by atoms with Gasteiger partial charge < -0.3 is 14.2 Å². The van der Waals surface area contributed by atoms with Crippen molar-refractivity contribution in [2.75, 3.05) is 13.7 Å². The third kappa shape index (κ3) is 5.11. The Kier molecular flexibility index (Phi) is 7.53. The van der Waals surface area contributed by atoms with Crippen molar-refractivity contribution in [1.82, 2.24) is 4.57 Å². The molecule has 12 heteroatoms. The third-order valence-corrected chi connectivity index (χ3v) is 6.64. The maximum Gasteiger partial charge on any atom is 0.338 e. The van der Waals surface area contributed by atoms with Crippen molar-refractivity contribution in [2.24, 2.45) is 4.99 Å². The minimum atomic E-state index is -0.978. The monoisotopic (exact) mass is 537 g/mol. The van der Waals surface area contributed by atoms with Gasteiger partial charge in [0, 0.05) is 19.1 Å². The highest BCUT2D eigenvalue weighted by Crippen LogP contribution is 2.32. The predicted octanol–water partition coefficient (Wildman–Crippen LogP) is 2.64. The molecule has 0 radical (unpaired) electrons. The summed E-state index contributed by atoms with van der Waals surface area (Å²) in [5, 5.41) is 11.4. The average molecular weight is 538 g/mol. The number of hydrogen-bond donors (Lipinski definition) is 0. The van der Waals surface area contributed by atoms with Gasteiger partial charge in [-0.3, -0.25) is 24.3 Å². The summed E-state index contributed by atoms with van der Waals surface area (Å²) in [6.45, 7) is 4.67. The Hall–Kier alpha value is -4.58. The maximum absolute atomic E-state index is 13.7. The standard InChI is InChI=1S/C26H23N3O8S/c1-5-36-25(32)22-14(2)27-26-28(23(22)17-7-6-8-18(13-17)29(33)34)24(31)21(38-26)12-16-9-10-19(37-15(3)30)20(11-16)35-4/h6-13,23H,5H2,1-4H3/b21-12-/t23-/m1/s1. The number of ether oxygens (including phenoxy) is 3. The van der Waals surface area contributed by atoms with Crippen molar-refractivity contribution >= 4 is 35.0 Å². The molecule has 0 amide bonds. The van der Waals surface area contributed by atoms with Crippen LogP contribution in [0.4, 0.5) is 5.69 Å². The van der Waals surface area contributed by atoms with Gasteiger partial charge in [-0.1, -0.05) is 29.5 Å². The number of nitrogens with zero attached hydrogens (tertiary/aromatic N) is 3. The number of carbonyl (C=O) groups is 2. The summed E-state index contributed by atoms with van der Waals surface area (Å²) in [5.74, 6) is -0.626. The van der Waals surface area contributed by atoms with Crippen molar-refractivity contribution in [3.63, 3.8) is 0 Å². The SMILES string of the molecule is CCOC(=O)C1=C(C)N=c2s/c(=C\c3ccc(OC(C)=O)c(OC)c3)c(=O)n2[C@@H]1c1cccc([N+](=O)[O-])c1. The van der Waals surface area contributed by atoms with Crippen LogP contribution >= 0.6 is 11.3 Å². The molecule has 0 bridgehead atoms. The van der Waals surface area contributed by atoms with E-state index in [1.807, 2.05) is 0 Å². The zero-order chi connectivity index (χ0) is 27.6. The van der Waals surface area contributed by atoms with E-state index in [-0.39, 0.29) is 23.6 Å². The number of aromatic nitrogens is 1. The van der Waals surface area contributed by atoms with Crippen LogP contribution in [0.25, 0.3) is 6.08 Å². The minimum absolute atomic E-state index is 0.104. The summed E-state index contributed by atoms with van der Waals surface area (Å²) < 4.78 is 17.3. The predicted molar refractivity (Wildman–Crippen MR) is 138 cm³/mol. The first-order valence-corrected chi connectivity index (χ1v) is 12.3. The normalized spacial score (nSPS) is 14.9. The van der Waals surface area contributed by atoms with Crippen LogP contribution in [-0.4, -0.2) is 35.1 Å². The molecule has 2 heterocycles. The molecule has 1 aliphatic heterocycles. The van der Waals surface area contributed by atoms with E-state index in [2.05, 4.69) is 4.99 Å². The lowest BCUT2D eigenvalue weighted by atomic mass is 9.95. The summed E-state index contributed by atoms with van der Waals surface area (Å²) >= 11 is 1.11. The number of non-ortho nitro benzene ring substituents is 1. The molecule has 0 saturated carbocycles. The van der Waals surface area contributed by atoms with E-state index >= 15 is 0 Å². The highest BCUT2D eigenvalue weighted by atomic mass is 32.1. The molecule has 3 aromatic rings. The quantitative estimate of drug-likeness (QED) is 0.194. The van der Waals surface area contributed by atoms with E-state index in [0.29, 0.717) is 31.9 Å². The van der Waals surface area contributed by atoms with E-state index in [0.717, 1.165) is 11.3 Å². The smallest absolute Gasteiger partial charge is 0.338 e. The number of rotatable bonds is 7. The fourth-order valence-corrected chi connectivity index (χ4v) is 5.13. The van der Waals surface area contributed by atoms with E-state index in [9.17, 15) is 24.5 Å². The van der Waals surface area contributed by atoms with E-state index < -0.39 is 28.5 Å². The molecular weight excluding hydrogens is 514 g/mol. The highest BCUT2D eigenvalue weighted by molar-refractivity contribution is 7.07. The fraction of sp³-hybridized carbons (Fsp3) is 0.231. The first-order valence-electron chi connectivity index (χ1n) is 11.4. The number of nitro groups is 1. The maximum atomic E-state index is 13.7. The van der Waals surface area contributed by atoms with Crippen molar-refractivity contribution < 1.29 is 28.7 Å². The van der Waals surface area contributed by atoms with E-state index in [4.69, 9.17) is 14.2 Å². The molecular formula is C26H23N3O8S. The topological polar surface area (TPSA) is 139 Å². The summed E-state index contributed by atoms with van der Waals surface area (Å²) in [5.41, 5.74) is 0.816. The Morgan fingerprint density at radius 2 is 1.97 bits per heavy atom. The van der Waals surface area contributed by atoms with Gasteiger partial charge in [0.25, 0.3) is 11.2 Å². The lowest BCUT2D eigenvalue weighted by molar-refractivity contribution is -0.384. The fourth-order valence-electron chi connectivity index (χ4n) is 4.08. The van der Waals surface area contributed by atoms with Crippen molar-refractivity contribution in [3.8, 4) is 11.5 Å². The molecule has 38 heavy (non-hydrogen) atoms. The second-order valence-electron chi connectivity index (χ2n) is 8.16. The van der Waals surface area contributed by atoms with Crippen LogP contribution in [0.1, 0.15) is 37.9 Å². The summed E-state index contributed by atoms with van der Waals surface area (Å²) in [6, 6.07) is 9.63. The number of carbonyl (C=O) groups excluding carboxylic acids is 2. The van der Waals surface area contributed by atoms with Gasteiger partial charge in [0.15, 0.2) is 16.3 Å². The van der Waals surface area contributed by atoms with E-state index in [1.54, 1.807) is 44.2 Å². The number of hydrogen-bond acceptors (Lipinski definition) is 10. The van der Waals surface area contributed by atoms with E-state index in [1.165, 1.54) is 36.8 Å². The average Bonchev–Trinajstić information content (AvgIpc) is 3.18. The lowest BCUT2D eigenvalue weighted by Gasteiger charge is -2.24. The van der Waals surface area contributed by atoms with Gasteiger partial charge >= 0.3 is 11.9 Å². The molecule has 0 N–H and O–H groups in total. The molecule has 196 valence electrons. The van der Waals surface area contributed by atoms with Gasteiger partial charge in [-0.25, -0.2) is 9.79 Å². The van der Waals surface area contributed by atoms with Crippen LogP contribution in [0.15, 0.2) is 63.5 Å². The summed E-state index contributed by atoms with van der Waals surface area (Å²) in [6.07, 6.45) is 1.62. The van der Waals surface area contributed by atoms with Crippen LogP contribution in [0.5, 0.6) is 11.5 Å². The second-order valence-corrected chi connectivity index (χ2v) is 9.17. The molecule has 0 spiro atoms. The summed E-state index contributed by atoms with van der Waals surface area (Å²) in [4.78, 5) is 53.7. The van der Waals surface area contributed by atoms with Gasteiger partial charge in [-0.05, 0) is 43.2 Å². The molecule has 0 saturated heterocycles. The van der Waals surface area contributed by atoms with Crippen molar-refractivity contribution in [2.45, 2.75) is 26.8 Å². The molecule has 1 atom stereocenters. The Bertz CT molecular complexity index is 1670. The third-order valence-electron chi connectivity index (χ3n) is 5.65. The van der Waals surface area contributed by atoms with Gasteiger partial charge in [-0.15, -0.1) is 0 Å². The van der Waals surface area contributed by atoms with Gasteiger partial charge in [-0.2, -0.15) is 0 Å². The van der Waals surface area contributed by atoms with Gasteiger partial charge in [0.1, 0.15) is 0 Å². The number of methoxy groups -OCH3 is 1. The molecule has 11 nitrogen and oxygen atoms in total. The Morgan fingerprint density at radius 1 is 1.21 bits per heavy atom. The molecule has 1 aliphatic rings. The highest BCUT2D eigenvalue weighted by Gasteiger charge is 2.34. The number of allylic oxidation sites excluding steroid dienone is 1. The molecule has 0 aliphatic carbocycles. The lowest BCUT2D eigenvalue weighted by Crippen LogP contribution is -2.40. The first kappa shape index (κ1) is 26.5. The zero-order valence-electron chi connectivity index (χ0n) is 20.9. The molecule has 1 aromatic heterocycles. The molecule has 0 unspecified atom stereocenters. The summed E-state index contributed by atoms with van der Waals surface area (Å²) in [7, 11) is 1.43. The number of fused-ring (bicyclic) bond motifs is 1. The minimum Gasteiger partial charge on any atom is -0.493 e. The number of esters is 2. The number of benzene rings is 2. The van der Waals surface area contributed by atoms with Gasteiger partial charge in [0.2, 0.25) is 0 Å². The Balaban J connectivity index is 1.92. The van der Waals surface area contributed by atoms with Crippen LogP contribution in [0.2, 0.25) is 0 Å². The molecule has 0 fully saturated rings. The van der Waals surface area contributed by atoms with Crippen LogP contribution in [0.3, 0.4) is 0 Å². The molecule has 4 rings (SSSR count). The van der Waals surface area contributed by atoms with Gasteiger partial charge in [0.05, 0.1) is 40.5 Å². The number of nitro benzene ring substituents is 1. The van der Waals surface area contributed by atoms with Crippen molar-refractivity contribution in [3.05, 3.63) is 94.7 Å². The van der Waals surface area contributed by atoms with Crippen LogP contribution < -0.4 is 24.4 Å². The Morgan fingerprint density at radius 3 is 2.63 bits per heavy atom. The first-order chi connectivity index (χ1) is 18.1. The largest absolute Gasteiger partial charge is 0.493 e. The molecule has 2 aromatic carbocycles. The second kappa shape index (κ2) is 10.8. The van der Waals surface area contributed by atoms with Crippen molar-refractivity contribution in [1.29, 1.82) is 0 Å². The van der Waals surface area contributed by atoms with Crippen LogP contribution in [-0.2, 0) is 14.3 Å². The number of thiazole rings is 1.